The number of Topliss-reactive ketones (excluding diaryl/α,β-unsaturated/α-hetero) is 1. The minimum Gasteiger partial charge on any atom is -0.457 e. The molecule has 0 amide bonds. The van der Waals surface area contributed by atoms with E-state index in [1.165, 1.54) is 0 Å². The number of hydrogen-bond acceptors (Lipinski definition) is 8. The van der Waals surface area contributed by atoms with Crippen LogP contribution in [-0.4, -0.2) is 53.7 Å². The number of esters is 1. The van der Waals surface area contributed by atoms with Gasteiger partial charge in [-0.25, -0.2) is 4.79 Å². The Kier molecular flexibility index (Phi) is 8.48. The summed E-state index contributed by atoms with van der Waals surface area (Å²) in [6.45, 7) is 5.65. The van der Waals surface area contributed by atoms with E-state index in [1.54, 1.807) is 12.2 Å². The lowest BCUT2D eigenvalue weighted by molar-refractivity contribution is -0.185. The number of aliphatic hydroxyl groups excluding tert-OH is 1. The van der Waals surface area contributed by atoms with Gasteiger partial charge >= 0.3 is 12.1 Å². The normalized spacial score (nSPS) is 34.9. The topological polar surface area (TPSA) is 116 Å². The van der Waals surface area contributed by atoms with Crippen LogP contribution in [0, 0.1) is 28.6 Å². The molecule has 1 N–H and O–H groups in total. The van der Waals surface area contributed by atoms with Crippen LogP contribution >= 0.6 is 0 Å². The first-order valence-corrected chi connectivity index (χ1v) is 15.2. The fourth-order valence-electron chi connectivity index (χ4n) is 8.54. The van der Waals surface area contributed by atoms with E-state index in [1.807, 2.05) is 50.3 Å². The van der Waals surface area contributed by atoms with Gasteiger partial charge in [-0.3, -0.25) is 14.4 Å². The van der Waals surface area contributed by atoms with Gasteiger partial charge in [0.05, 0.1) is 19.1 Å². The average Bonchev–Trinajstić information content (AvgIpc) is 3.24. The SMILES string of the molecule is CCCCOC(=O)O[C@]1(C(=O)COC(=O)Cc2ccccc2)CC[C@H]2[C@@H]3CCC4=CC(=O)C=C[C@]4(C)[C@H]3C(O)C[C@@]21C. The standard InChI is InChI=1S/C34H42O8/c1-4-5-17-40-31(39)42-34(28(37)21-41-29(38)18-22-9-7-6-8-10-22)16-14-26-25-12-11-23-19-24(35)13-15-32(23,2)30(25)27(36)20-33(26,34)3/h6-10,13,15,19,25-27,30,36H,4-5,11-12,14,16-18,20-21H2,1-3H3/t25-,26-,27?,30+,32-,33-,34-/m0/s1. The number of ketones is 2. The second-order valence-electron chi connectivity index (χ2n) is 12.9. The van der Waals surface area contributed by atoms with Crippen molar-refractivity contribution in [2.24, 2.45) is 28.6 Å². The van der Waals surface area contributed by atoms with Gasteiger partial charge in [-0.2, -0.15) is 0 Å². The van der Waals surface area contributed by atoms with Gasteiger partial charge in [0.15, 0.2) is 18.0 Å². The first-order valence-electron chi connectivity index (χ1n) is 15.2. The molecule has 0 radical (unpaired) electrons. The Balaban J connectivity index is 1.41. The molecular weight excluding hydrogens is 536 g/mol. The number of benzene rings is 1. The fourth-order valence-corrected chi connectivity index (χ4v) is 8.54. The van der Waals surface area contributed by atoms with E-state index >= 15 is 0 Å². The Morgan fingerprint density at radius 1 is 1.07 bits per heavy atom. The van der Waals surface area contributed by atoms with Crippen LogP contribution in [0.15, 0.2) is 54.1 Å². The molecule has 1 aromatic carbocycles. The lowest BCUT2D eigenvalue weighted by atomic mass is 9.46. The Morgan fingerprint density at radius 3 is 2.57 bits per heavy atom. The first-order chi connectivity index (χ1) is 20.0. The van der Waals surface area contributed by atoms with E-state index in [4.69, 9.17) is 14.2 Å². The molecular formula is C34H42O8. The number of aliphatic hydroxyl groups is 1. The van der Waals surface area contributed by atoms with Crippen LogP contribution in [0.1, 0.15) is 71.3 Å². The molecule has 3 fully saturated rings. The van der Waals surface area contributed by atoms with Crippen molar-refractivity contribution in [2.45, 2.75) is 83.8 Å². The quantitative estimate of drug-likeness (QED) is 0.310. The summed E-state index contributed by atoms with van der Waals surface area (Å²) >= 11 is 0. The maximum absolute atomic E-state index is 14.1. The summed E-state index contributed by atoms with van der Waals surface area (Å²) < 4.78 is 16.8. The molecule has 8 nitrogen and oxygen atoms in total. The molecule has 0 aromatic heterocycles. The van der Waals surface area contributed by atoms with E-state index in [2.05, 4.69) is 6.92 Å². The molecule has 4 aliphatic rings. The van der Waals surface area contributed by atoms with Gasteiger partial charge in [0.25, 0.3) is 0 Å². The maximum Gasteiger partial charge on any atom is 0.509 e. The number of ether oxygens (including phenoxy) is 3. The first kappa shape index (κ1) is 30.2. The third-order valence-electron chi connectivity index (χ3n) is 10.6. The fraction of sp³-hybridized carbons (Fsp3) is 0.588. The highest BCUT2D eigenvalue weighted by Gasteiger charge is 2.70. The summed E-state index contributed by atoms with van der Waals surface area (Å²) in [4.78, 5) is 51.9. The summed E-state index contributed by atoms with van der Waals surface area (Å²) in [7, 11) is 0. The van der Waals surface area contributed by atoms with Crippen LogP contribution in [0.25, 0.3) is 0 Å². The smallest absolute Gasteiger partial charge is 0.457 e. The molecule has 0 bridgehead atoms. The van der Waals surface area contributed by atoms with Crippen LogP contribution < -0.4 is 0 Å². The van der Waals surface area contributed by atoms with Crippen molar-refractivity contribution in [3.63, 3.8) is 0 Å². The van der Waals surface area contributed by atoms with Gasteiger partial charge in [0.1, 0.15) is 0 Å². The van der Waals surface area contributed by atoms with E-state index in [9.17, 15) is 24.3 Å². The van der Waals surface area contributed by atoms with E-state index in [0.29, 0.717) is 12.8 Å². The molecule has 3 saturated carbocycles. The highest BCUT2D eigenvalue weighted by Crippen LogP contribution is 2.68. The number of rotatable bonds is 9. The summed E-state index contributed by atoms with van der Waals surface area (Å²) in [5.41, 5.74) is -1.14. The summed E-state index contributed by atoms with van der Waals surface area (Å²) in [5.74, 6) is -1.17. The van der Waals surface area contributed by atoms with Crippen molar-refractivity contribution in [3.05, 3.63) is 59.7 Å². The molecule has 1 unspecified atom stereocenters. The summed E-state index contributed by atoms with van der Waals surface area (Å²) in [5, 5.41) is 11.8. The zero-order valence-corrected chi connectivity index (χ0v) is 24.8. The van der Waals surface area contributed by atoms with Crippen LogP contribution in [0.3, 0.4) is 0 Å². The van der Waals surface area contributed by atoms with Gasteiger partial charge in [-0.05, 0) is 68.1 Å². The van der Waals surface area contributed by atoms with E-state index in [0.717, 1.165) is 30.4 Å². The lowest BCUT2D eigenvalue weighted by Gasteiger charge is -2.59. The molecule has 0 spiro atoms. The third kappa shape index (κ3) is 5.23. The van der Waals surface area contributed by atoms with Gasteiger partial charge in [-0.1, -0.05) is 69.2 Å². The molecule has 226 valence electrons. The molecule has 4 aliphatic carbocycles. The van der Waals surface area contributed by atoms with Gasteiger partial charge in [0.2, 0.25) is 5.78 Å². The zero-order valence-electron chi connectivity index (χ0n) is 24.8. The number of hydrogen-bond donors (Lipinski definition) is 1. The van der Waals surface area contributed by atoms with Crippen LogP contribution in [0.4, 0.5) is 4.79 Å². The monoisotopic (exact) mass is 578 g/mol. The lowest BCUT2D eigenvalue weighted by Crippen LogP contribution is -2.63. The molecule has 1 aromatic rings. The van der Waals surface area contributed by atoms with Gasteiger partial charge in [-0.15, -0.1) is 0 Å². The van der Waals surface area contributed by atoms with Gasteiger partial charge < -0.3 is 19.3 Å². The molecule has 8 heteroatoms. The van der Waals surface area contributed by atoms with Crippen molar-refractivity contribution >= 4 is 23.7 Å². The minimum atomic E-state index is -1.60. The Morgan fingerprint density at radius 2 is 1.83 bits per heavy atom. The van der Waals surface area contributed by atoms with Crippen LogP contribution in [-0.2, 0) is 35.0 Å². The molecule has 0 aliphatic heterocycles. The van der Waals surface area contributed by atoms with Crippen molar-refractivity contribution in [2.75, 3.05) is 13.2 Å². The number of carbonyl (C=O) groups excluding carboxylic acids is 4. The zero-order chi connectivity index (χ0) is 30.1. The molecule has 7 atom stereocenters. The van der Waals surface area contributed by atoms with Crippen molar-refractivity contribution in [1.29, 1.82) is 0 Å². The summed E-state index contributed by atoms with van der Waals surface area (Å²) in [6, 6.07) is 9.13. The number of fused-ring (bicyclic) bond motifs is 5. The van der Waals surface area contributed by atoms with Crippen molar-refractivity contribution < 1.29 is 38.5 Å². The van der Waals surface area contributed by atoms with Crippen LogP contribution in [0.2, 0.25) is 0 Å². The maximum atomic E-state index is 14.1. The van der Waals surface area contributed by atoms with Gasteiger partial charge in [0, 0.05) is 16.7 Å². The molecule has 0 heterocycles. The predicted octanol–water partition coefficient (Wildman–Crippen LogP) is 5.31. The second-order valence-corrected chi connectivity index (χ2v) is 12.9. The minimum absolute atomic E-state index is 0.0217. The van der Waals surface area contributed by atoms with E-state index in [-0.39, 0.29) is 49.4 Å². The van der Waals surface area contributed by atoms with E-state index < -0.39 is 47.0 Å². The Labute approximate surface area is 247 Å². The molecule has 5 rings (SSSR count). The Hall–Kier alpha value is -3.26. The Bertz CT molecular complexity index is 1280. The third-order valence-corrected chi connectivity index (χ3v) is 10.6. The average molecular weight is 579 g/mol. The van der Waals surface area contributed by atoms with Crippen LogP contribution in [0.5, 0.6) is 0 Å². The predicted molar refractivity (Wildman–Crippen MR) is 154 cm³/mol. The number of allylic oxidation sites excluding steroid dienone is 4. The summed E-state index contributed by atoms with van der Waals surface area (Å²) in [6.07, 6.45) is 7.65. The van der Waals surface area contributed by atoms with Crippen molar-refractivity contribution in [3.8, 4) is 0 Å². The number of carbonyl (C=O) groups is 4. The highest BCUT2D eigenvalue weighted by atomic mass is 16.7. The molecule has 42 heavy (non-hydrogen) atoms. The number of unbranched alkanes of at least 4 members (excludes halogenated alkanes) is 1. The largest absolute Gasteiger partial charge is 0.509 e. The highest BCUT2D eigenvalue weighted by molar-refractivity contribution is 6.01. The second kappa shape index (κ2) is 11.8. The van der Waals surface area contributed by atoms with Crippen molar-refractivity contribution in [1.82, 2.24) is 0 Å². The molecule has 0 saturated heterocycles.